The third kappa shape index (κ3) is 4.06. The summed E-state index contributed by atoms with van der Waals surface area (Å²) in [6, 6.07) is 13.5. The van der Waals surface area contributed by atoms with Crippen molar-refractivity contribution in [3.8, 4) is 5.75 Å². The van der Waals surface area contributed by atoms with Crippen molar-refractivity contribution in [2.75, 3.05) is 25.1 Å². The lowest BCUT2D eigenvalue weighted by molar-refractivity contribution is 0.363. The molecule has 1 N–H and O–H groups in total. The molecule has 3 rings (SSSR count). The minimum Gasteiger partial charge on any atom is -0.497 e. The first-order chi connectivity index (χ1) is 11.8. The van der Waals surface area contributed by atoms with Crippen molar-refractivity contribution in [1.82, 2.24) is 10.3 Å². The van der Waals surface area contributed by atoms with Crippen LogP contribution < -0.4 is 15.0 Å². The minimum atomic E-state index is 0.395. The highest BCUT2D eigenvalue weighted by Gasteiger charge is 2.22. The zero-order valence-corrected chi connectivity index (χ0v) is 14.6. The highest BCUT2D eigenvalue weighted by atomic mass is 16.5. The van der Waals surface area contributed by atoms with E-state index < -0.39 is 0 Å². The first-order valence-electron chi connectivity index (χ1n) is 8.85. The maximum atomic E-state index is 5.34. The molecule has 1 aromatic carbocycles. The number of rotatable bonds is 6. The summed E-state index contributed by atoms with van der Waals surface area (Å²) in [7, 11) is 1.72. The molecule has 1 unspecified atom stereocenters. The third-order valence-corrected chi connectivity index (χ3v) is 4.85. The molecule has 0 radical (unpaired) electrons. The molecule has 4 nitrogen and oxygen atoms in total. The quantitative estimate of drug-likeness (QED) is 0.876. The van der Waals surface area contributed by atoms with Gasteiger partial charge in [-0.2, -0.15) is 0 Å². The van der Waals surface area contributed by atoms with E-state index in [1.54, 1.807) is 7.11 Å². The molecule has 0 amide bonds. The number of hydrogen-bond acceptors (Lipinski definition) is 4. The molecule has 0 spiro atoms. The fourth-order valence-corrected chi connectivity index (χ4v) is 3.43. The number of aromatic nitrogens is 1. The Kier molecular flexibility index (Phi) is 5.70. The molecule has 1 atom stereocenters. The van der Waals surface area contributed by atoms with Gasteiger partial charge < -0.3 is 15.0 Å². The summed E-state index contributed by atoms with van der Waals surface area (Å²) in [5.41, 5.74) is 2.54. The summed E-state index contributed by atoms with van der Waals surface area (Å²) in [4.78, 5) is 6.70. The molecule has 1 fully saturated rings. The number of piperidine rings is 1. The molecule has 1 aromatic heterocycles. The van der Waals surface area contributed by atoms with E-state index in [4.69, 9.17) is 4.74 Å². The Bertz CT molecular complexity index is 624. The highest BCUT2D eigenvalue weighted by molar-refractivity contribution is 5.51. The number of methoxy groups -OCH3 is 1. The molecule has 0 aliphatic carbocycles. The van der Waals surface area contributed by atoms with Crippen LogP contribution in [0.4, 0.5) is 5.69 Å². The van der Waals surface area contributed by atoms with Gasteiger partial charge in [0.2, 0.25) is 0 Å². The smallest absolute Gasteiger partial charge is 0.120 e. The second kappa shape index (κ2) is 8.15. The monoisotopic (exact) mass is 325 g/mol. The first kappa shape index (κ1) is 16.8. The molecule has 1 aliphatic heterocycles. The lowest BCUT2D eigenvalue weighted by Gasteiger charge is -2.36. The van der Waals surface area contributed by atoms with Crippen LogP contribution in [0.3, 0.4) is 0 Å². The topological polar surface area (TPSA) is 37.4 Å². The van der Waals surface area contributed by atoms with Crippen LogP contribution in [0, 0.1) is 0 Å². The van der Waals surface area contributed by atoms with Gasteiger partial charge in [-0.05, 0) is 43.0 Å². The molecule has 24 heavy (non-hydrogen) atoms. The maximum absolute atomic E-state index is 5.34. The number of nitrogens with one attached hydrogen (secondary N) is 1. The second-order valence-corrected chi connectivity index (χ2v) is 6.38. The molecule has 2 heterocycles. The molecule has 128 valence electrons. The van der Waals surface area contributed by atoms with Crippen molar-refractivity contribution in [3.63, 3.8) is 0 Å². The van der Waals surface area contributed by atoms with E-state index in [-0.39, 0.29) is 0 Å². The molecular weight excluding hydrogens is 298 g/mol. The Morgan fingerprint density at radius 2 is 2.08 bits per heavy atom. The lowest BCUT2D eigenvalue weighted by atomic mass is 10.00. The third-order valence-electron chi connectivity index (χ3n) is 4.85. The Morgan fingerprint density at radius 3 is 2.75 bits per heavy atom. The van der Waals surface area contributed by atoms with Crippen LogP contribution in [0.25, 0.3) is 0 Å². The molecule has 4 heteroatoms. The van der Waals surface area contributed by atoms with Gasteiger partial charge in [0.1, 0.15) is 5.75 Å². The second-order valence-electron chi connectivity index (χ2n) is 6.38. The van der Waals surface area contributed by atoms with Gasteiger partial charge in [-0.3, -0.25) is 4.98 Å². The van der Waals surface area contributed by atoms with Gasteiger partial charge in [-0.25, -0.2) is 0 Å². The summed E-state index contributed by atoms with van der Waals surface area (Å²) in [5.74, 6) is 0.926. The van der Waals surface area contributed by atoms with Crippen molar-refractivity contribution in [2.45, 2.75) is 38.3 Å². The van der Waals surface area contributed by atoms with Crippen LogP contribution >= 0.6 is 0 Å². The molecular formula is C20H27N3O. The molecule has 0 bridgehead atoms. The van der Waals surface area contributed by atoms with Crippen molar-refractivity contribution in [2.24, 2.45) is 0 Å². The van der Waals surface area contributed by atoms with E-state index in [9.17, 15) is 0 Å². The van der Waals surface area contributed by atoms with E-state index in [0.717, 1.165) is 38.1 Å². The van der Waals surface area contributed by atoms with Gasteiger partial charge in [0.15, 0.2) is 0 Å². The van der Waals surface area contributed by atoms with Crippen LogP contribution in [0.2, 0.25) is 0 Å². The number of nitrogens with zero attached hydrogens (tertiary/aromatic N) is 2. The normalized spacial score (nSPS) is 16.8. The molecule has 1 saturated heterocycles. The predicted molar refractivity (Wildman–Crippen MR) is 98.6 cm³/mol. The number of benzene rings is 1. The fourth-order valence-electron chi connectivity index (χ4n) is 3.43. The van der Waals surface area contributed by atoms with Crippen LogP contribution in [-0.4, -0.2) is 31.2 Å². The average molecular weight is 325 g/mol. The van der Waals surface area contributed by atoms with Gasteiger partial charge in [0.05, 0.1) is 7.11 Å². The van der Waals surface area contributed by atoms with E-state index >= 15 is 0 Å². The Balaban J connectivity index is 1.56. The largest absolute Gasteiger partial charge is 0.497 e. The number of hydrogen-bond donors (Lipinski definition) is 1. The maximum Gasteiger partial charge on any atom is 0.120 e. The molecule has 0 saturated carbocycles. The Morgan fingerprint density at radius 1 is 1.25 bits per heavy atom. The van der Waals surface area contributed by atoms with Gasteiger partial charge in [-0.1, -0.05) is 19.1 Å². The standard InChI is InChI=1S/C20H27N3O/c1-3-20(16-6-5-11-21-15-16)22-17-9-12-23(13-10-17)18-7-4-8-19(14-18)24-2/h4-8,11,14-15,17,20,22H,3,9-10,12-13H2,1-2H3. The van der Waals surface area contributed by atoms with Crippen LogP contribution in [0.15, 0.2) is 48.8 Å². The van der Waals surface area contributed by atoms with Crippen molar-refractivity contribution in [3.05, 3.63) is 54.4 Å². The van der Waals surface area contributed by atoms with Gasteiger partial charge in [0.25, 0.3) is 0 Å². The summed E-state index contributed by atoms with van der Waals surface area (Å²) >= 11 is 0. The van der Waals surface area contributed by atoms with E-state index in [0.29, 0.717) is 12.1 Å². The lowest BCUT2D eigenvalue weighted by Crippen LogP contribution is -2.43. The van der Waals surface area contributed by atoms with E-state index in [1.165, 1.54) is 11.3 Å². The van der Waals surface area contributed by atoms with Crippen LogP contribution in [0.1, 0.15) is 37.8 Å². The average Bonchev–Trinajstić information content (AvgIpc) is 2.67. The summed E-state index contributed by atoms with van der Waals surface area (Å²) in [6.07, 6.45) is 7.22. The van der Waals surface area contributed by atoms with E-state index in [2.05, 4.69) is 46.4 Å². The zero-order chi connectivity index (χ0) is 16.8. The van der Waals surface area contributed by atoms with Crippen LogP contribution in [-0.2, 0) is 0 Å². The van der Waals surface area contributed by atoms with Crippen molar-refractivity contribution in [1.29, 1.82) is 0 Å². The van der Waals surface area contributed by atoms with Crippen LogP contribution in [0.5, 0.6) is 5.75 Å². The van der Waals surface area contributed by atoms with Gasteiger partial charge in [-0.15, -0.1) is 0 Å². The zero-order valence-electron chi connectivity index (χ0n) is 14.6. The first-order valence-corrected chi connectivity index (χ1v) is 8.85. The number of ether oxygens (including phenoxy) is 1. The number of anilines is 1. The summed E-state index contributed by atoms with van der Waals surface area (Å²) < 4.78 is 5.34. The predicted octanol–water partition coefficient (Wildman–Crippen LogP) is 3.80. The van der Waals surface area contributed by atoms with Gasteiger partial charge >= 0.3 is 0 Å². The van der Waals surface area contributed by atoms with E-state index in [1.807, 2.05) is 24.5 Å². The molecule has 1 aliphatic rings. The Hall–Kier alpha value is -2.07. The highest BCUT2D eigenvalue weighted by Crippen LogP contribution is 2.25. The SMILES string of the molecule is CCC(NC1CCN(c2cccc(OC)c2)CC1)c1cccnc1. The summed E-state index contributed by atoms with van der Waals surface area (Å²) in [5, 5.41) is 3.83. The fraction of sp³-hybridized carbons (Fsp3) is 0.450. The summed E-state index contributed by atoms with van der Waals surface area (Å²) in [6.45, 7) is 4.39. The molecule has 2 aromatic rings. The Labute approximate surface area is 144 Å². The van der Waals surface area contributed by atoms with Crippen molar-refractivity contribution >= 4 is 5.69 Å². The van der Waals surface area contributed by atoms with Crippen molar-refractivity contribution < 1.29 is 4.74 Å². The number of pyridine rings is 1. The van der Waals surface area contributed by atoms with Gasteiger partial charge in [0, 0.05) is 49.3 Å². The minimum absolute atomic E-state index is 0.395.